The van der Waals surface area contributed by atoms with Gasteiger partial charge in [0.05, 0.1) is 5.70 Å². The maximum atomic E-state index is 12.6. The predicted octanol–water partition coefficient (Wildman–Crippen LogP) is 3.68. The van der Waals surface area contributed by atoms with E-state index in [9.17, 15) is 14.9 Å². The van der Waals surface area contributed by atoms with E-state index in [-0.39, 0.29) is 17.2 Å². The van der Waals surface area contributed by atoms with Crippen molar-refractivity contribution in [2.45, 2.75) is 19.8 Å². The Hall–Kier alpha value is -3.43. The standard InChI is InChI=1S/C22H19ClN4O2/c1-2-3-12-25-22(29)18(13-24)19-16-6-4-5-7-17(16)20(26-19)27-21(28)14-8-10-15(23)11-9-14/h4-11H,2-3,12H2,1H3,(H,25,29)(H,26,27,28). The average Bonchev–Trinajstić information content (AvgIpc) is 3.07. The number of hydrogen-bond acceptors (Lipinski definition) is 4. The van der Waals surface area contributed by atoms with E-state index in [0.29, 0.717) is 34.1 Å². The van der Waals surface area contributed by atoms with Crippen molar-refractivity contribution in [2.24, 2.45) is 4.99 Å². The summed E-state index contributed by atoms with van der Waals surface area (Å²) in [6.07, 6.45) is 1.75. The summed E-state index contributed by atoms with van der Waals surface area (Å²) in [5.74, 6) is -0.535. The number of fused-ring (bicyclic) bond motifs is 1. The van der Waals surface area contributed by atoms with Gasteiger partial charge in [-0.05, 0) is 30.7 Å². The van der Waals surface area contributed by atoms with Gasteiger partial charge in [0.15, 0.2) is 0 Å². The van der Waals surface area contributed by atoms with Gasteiger partial charge < -0.3 is 10.6 Å². The highest BCUT2D eigenvalue weighted by Gasteiger charge is 2.27. The Bertz CT molecular complexity index is 1050. The molecule has 0 spiro atoms. The fourth-order valence-electron chi connectivity index (χ4n) is 2.87. The summed E-state index contributed by atoms with van der Waals surface area (Å²) in [6.45, 7) is 2.50. The van der Waals surface area contributed by atoms with E-state index in [1.54, 1.807) is 48.5 Å². The van der Waals surface area contributed by atoms with E-state index >= 15 is 0 Å². The number of nitriles is 1. The summed E-state index contributed by atoms with van der Waals surface area (Å²) < 4.78 is 0. The van der Waals surface area contributed by atoms with Gasteiger partial charge in [0, 0.05) is 28.3 Å². The van der Waals surface area contributed by atoms with Crippen LogP contribution in [-0.2, 0) is 4.79 Å². The van der Waals surface area contributed by atoms with Crippen molar-refractivity contribution in [3.63, 3.8) is 0 Å². The van der Waals surface area contributed by atoms with Crippen molar-refractivity contribution in [3.05, 3.63) is 75.8 Å². The van der Waals surface area contributed by atoms with Gasteiger partial charge in [0.2, 0.25) is 0 Å². The Morgan fingerprint density at radius 1 is 1.10 bits per heavy atom. The zero-order valence-corrected chi connectivity index (χ0v) is 16.6. The summed E-state index contributed by atoms with van der Waals surface area (Å²) in [5.41, 5.74) is 1.87. The van der Waals surface area contributed by atoms with Crippen LogP contribution < -0.4 is 10.6 Å². The van der Waals surface area contributed by atoms with Crippen molar-refractivity contribution in [1.29, 1.82) is 5.26 Å². The average molecular weight is 407 g/mol. The third-order valence-corrected chi connectivity index (χ3v) is 4.64. The predicted molar refractivity (Wildman–Crippen MR) is 112 cm³/mol. The first-order valence-corrected chi connectivity index (χ1v) is 9.61. The molecule has 0 fully saturated rings. The summed E-state index contributed by atoms with van der Waals surface area (Å²) in [4.78, 5) is 29.5. The molecule has 0 aromatic heterocycles. The maximum Gasteiger partial charge on any atom is 0.264 e. The zero-order valence-electron chi connectivity index (χ0n) is 15.8. The van der Waals surface area contributed by atoms with Crippen LogP contribution in [0.1, 0.15) is 41.3 Å². The largest absolute Gasteiger partial charge is 0.351 e. The molecule has 2 aromatic carbocycles. The smallest absolute Gasteiger partial charge is 0.264 e. The number of carbonyl (C=O) groups is 2. The molecule has 0 saturated heterocycles. The third kappa shape index (κ3) is 4.53. The topological polar surface area (TPSA) is 94.3 Å². The summed E-state index contributed by atoms with van der Waals surface area (Å²) >= 11 is 5.87. The summed E-state index contributed by atoms with van der Waals surface area (Å²) in [5, 5.41) is 15.6. The van der Waals surface area contributed by atoms with Crippen molar-refractivity contribution in [2.75, 3.05) is 6.54 Å². The van der Waals surface area contributed by atoms with Gasteiger partial charge in [-0.15, -0.1) is 0 Å². The van der Waals surface area contributed by atoms with E-state index in [0.717, 1.165) is 12.8 Å². The van der Waals surface area contributed by atoms with Crippen molar-refractivity contribution in [3.8, 4) is 6.07 Å². The first-order chi connectivity index (χ1) is 14.0. The van der Waals surface area contributed by atoms with Gasteiger partial charge >= 0.3 is 0 Å². The van der Waals surface area contributed by atoms with Crippen molar-refractivity contribution < 1.29 is 9.59 Å². The van der Waals surface area contributed by atoms with E-state index < -0.39 is 5.91 Å². The van der Waals surface area contributed by atoms with E-state index in [1.807, 2.05) is 13.0 Å². The quantitative estimate of drug-likeness (QED) is 0.450. The molecule has 0 saturated carbocycles. The van der Waals surface area contributed by atoms with Crippen LogP contribution in [0, 0.1) is 11.3 Å². The summed E-state index contributed by atoms with van der Waals surface area (Å²) in [6, 6.07) is 15.6. The highest BCUT2D eigenvalue weighted by atomic mass is 35.5. The van der Waals surface area contributed by atoms with Gasteiger partial charge in [-0.1, -0.05) is 49.2 Å². The van der Waals surface area contributed by atoms with Gasteiger partial charge in [-0.25, -0.2) is 4.99 Å². The van der Waals surface area contributed by atoms with Crippen LogP contribution in [0.4, 0.5) is 0 Å². The number of amides is 2. The van der Waals surface area contributed by atoms with Crippen LogP contribution >= 0.6 is 11.6 Å². The molecule has 29 heavy (non-hydrogen) atoms. The lowest BCUT2D eigenvalue weighted by molar-refractivity contribution is -0.117. The Morgan fingerprint density at radius 2 is 1.79 bits per heavy atom. The SMILES string of the molecule is CCCCNC(=O)C(C#N)=C1N=C(NC(=O)c2ccc(Cl)cc2)c2ccccc21. The fraction of sp³-hybridized carbons (Fsp3) is 0.182. The van der Waals surface area contributed by atoms with Crippen LogP contribution in [-0.4, -0.2) is 24.2 Å². The lowest BCUT2D eigenvalue weighted by Gasteiger charge is -2.06. The molecule has 1 aliphatic heterocycles. The number of aliphatic imine (C=N–C) groups is 1. The van der Waals surface area contributed by atoms with E-state index in [1.165, 1.54) is 0 Å². The minimum Gasteiger partial charge on any atom is -0.351 e. The number of rotatable bonds is 5. The molecule has 1 heterocycles. The van der Waals surface area contributed by atoms with Crippen LogP contribution in [0.3, 0.4) is 0 Å². The van der Waals surface area contributed by atoms with Gasteiger partial charge in [0.25, 0.3) is 11.8 Å². The van der Waals surface area contributed by atoms with E-state index in [4.69, 9.17) is 11.6 Å². The third-order valence-electron chi connectivity index (χ3n) is 4.39. The molecule has 0 bridgehead atoms. The number of carbonyl (C=O) groups excluding carboxylic acids is 2. The fourth-order valence-corrected chi connectivity index (χ4v) is 3.00. The van der Waals surface area contributed by atoms with Crippen LogP contribution in [0.25, 0.3) is 5.70 Å². The molecule has 146 valence electrons. The normalized spacial score (nSPS) is 13.8. The number of unbranched alkanes of at least 4 members (excludes halogenated alkanes) is 1. The Kier molecular flexibility index (Phi) is 6.43. The number of halogens is 1. The first kappa shape index (κ1) is 20.3. The van der Waals surface area contributed by atoms with Crippen LogP contribution in [0.2, 0.25) is 5.02 Å². The highest BCUT2D eigenvalue weighted by Crippen LogP contribution is 2.30. The number of benzene rings is 2. The molecule has 6 nitrogen and oxygen atoms in total. The molecule has 0 aliphatic carbocycles. The molecule has 2 aromatic rings. The molecule has 1 aliphatic rings. The molecule has 2 amide bonds. The minimum absolute atomic E-state index is 0.0794. The maximum absolute atomic E-state index is 12.6. The van der Waals surface area contributed by atoms with Gasteiger partial charge in [-0.3, -0.25) is 9.59 Å². The molecule has 3 rings (SSSR count). The number of nitrogens with zero attached hydrogens (tertiary/aromatic N) is 2. The molecule has 0 atom stereocenters. The van der Waals surface area contributed by atoms with Gasteiger partial charge in [-0.2, -0.15) is 5.26 Å². The Morgan fingerprint density at radius 3 is 2.45 bits per heavy atom. The second-order valence-electron chi connectivity index (χ2n) is 6.41. The number of amidine groups is 1. The number of hydrogen-bond donors (Lipinski definition) is 2. The molecule has 2 N–H and O–H groups in total. The van der Waals surface area contributed by atoms with Crippen LogP contribution in [0.5, 0.6) is 0 Å². The first-order valence-electron chi connectivity index (χ1n) is 9.23. The minimum atomic E-state index is -0.472. The molecule has 0 unspecified atom stereocenters. The van der Waals surface area contributed by atoms with Crippen molar-refractivity contribution >= 4 is 34.9 Å². The monoisotopic (exact) mass is 406 g/mol. The second kappa shape index (κ2) is 9.18. The highest BCUT2D eigenvalue weighted by molar-refractivity contribution is 6.30. The van der Waals surface area contributed by atoms with Crippen molar-refractivity contribution in [1.82, 2.24) is 10.6 Å². The lowest BCUT2D eigenvalue weighted by atomic mass is 10.0. The molecular weight excluding hydrogens is 388 g/mol. The summed E-state index contributed by atoms with van der Waals surface area (Å²) in [7, 11) is 0. The zero-order chi connectivity index (χ0) is 20.8. The number of nitrogens with one attached hydrogen (secondary N) is 2. The van der Waals surface area contributed by atoms with E-state index in [2.05, 4.69) is 15.6 Å². The molecule has 0 radical (unpaired) electrons. The van der Waals surface area contributed by atoms with Crippen LogP contribution in [0.15, 0.2) is 59.1 Å². The Balaban J connectivity index is 1.94. The van der Waals surface area contributed by atoms with Gasteiger partial charge in [0.1, 0.15) is 17.5 Å². The lowest BCUT2D eigenvalue weighted by Crippen LogP contribution is -2.30. The Labute approximate surface area is 173 Å². The molecule has 7 heteroatoms. The second-order valence-corrected chi connectivity index (χ2v) is 6.85. The molecular formula is C22H19ClN4O2.